The quantitative estimate of drug-likeness (QED) is 0.402. The molecule has 0 spiro atoms. The standard InChI is InChI=1S/C21H28N2O7/c1-4-16(25)23-17-19(18(26)15(11-24)30-21(17)28)29-13(3)20(27)22-12(2)10-14-8-6-5-7-9-14/h5-9,12-13,21,24,26,28H,4,10-11H2,1-3H3,(H,22,27)(H,23,25)/t12-,13+,21?/m0/s1. The molecule has 0 saturated carbocycles. The zero-order valence-corrected chi connectivity index (χ0v) is 17.2. The van der Waals surface area contributed by atoms with Crippen molar-refractivity contribution in [1.29, 1.82) is 0 Å². The van der Waals surface area contributed by atoms with Crippen molar-refractivity contribution in [1.82, 2.24) is 10.6 Å². The second-order valence-corrected chi connectivity index (χ2v) is 6.90. The Labute approximate surface area is 175 Å². The molecule has 0 fully saturated rings. The number of benzene rings is 1. The molecule has 3 atom stereocenters. The third kappa shape index (κ3) is 5.98. The lowest BCUT2D eigenvalue weighted by Crippen LogP contribution is -2.42. The van der Waals surface area contributed by atoms with E-state index >= 15 is 0 Å². The molecule has 1 aliphatic rings. The van der Waals surface area contributed by atoms with E-state index in [4.69, 9.17) is 9.47 Å². The average molecular weight is 420 g/mol. The number of rotatable bonds is 9. The van der Waals surface area contributed by atoms with Gasteiger partial charge in [-0.3, -0.25) is 9.59 Å². The van der Waals surface area contributed by atoms with Crippen LogP contribution in [0.3, 0.4) is 0 Å². The number of hydrogen-bond acceptors (Lipinski definition) is 7. The van der Waals surface area contributed by atoms with Crippen LogP contribution >= 0.6 is 0 Å². The lowest BCUT2D eigenvalue weighted by atomic mass is 10.1. The Morgan fingerprint density at radius 2 is 1.90 bits per heavy atom. The molecule has 1 aromatic carbocycles. The van der Waals surface area contributed by atoms with Crippen LogP contribution < -0.4 is 10.6 Å². The van der Waals surface area contributed by atoms with Gasteiger partial charge in [0.2, 0.25) is 18.0 Å². The number of ether oxygens (including phenoxy) is 2. The second kappa shape index (κ2) is 10.7. The topological polar surface area (TPSA) is 137 Å². The van der Waals surface area contributed by atoms with E-state index < -0.39 is 36.6 Å². The number of amides is 2. The number of carbonyl (C=O) groups is 2. The van der Waals surface area contributed by atoms with E-state index in [2.05, 4.69) is 10.6 Å². The SMILES string of the molecule is CCC(=O)NC1=C(O[C@H](C)C(=O)N[C@@H](C)Cc2ccccc2)C(O)=C(CO)OC1O. The minimum absolute atomic E-state index is 0.105. The molecule has 1 unspecified atom stereocenters. The summed E-state index contributed by atoms with van der Waals surface area (Å²) in [4.78, 5) is 24.3. The molecule has 164 valence electrons. The predicted molar refractivity (Wildman–Crippen MR) is 108 cm³/mol. The average Bonchev–Trinajstić information content (AvgIpc) is 2.73. The molecule has 1 heterocycles. The van der Waals surface area contributed by atoms with Gasteiger partial charge in [-0.2, -0.15) is 0 Å². The van der Waals surface area contributed by atoms with Crippen LogP contribution in [-0.4, -0.2) is 52.2 Å². The van der Waals surface area contributed by atoms with Crippen LogP contribution in [0.2, 0.25) is 0 Å². The molecular weight excluding hydrogens is 392 g/mol. The van der Waals surface area contributed by atoms with E-state index in [1.807, 2.05) is 37.3 Å². The number of carbonyl (C=O) groups excluding carboxylic acids is 2. The normalized spacial score (nSPS) is 18.4. The molecule has 1 aromatic rings. The summed E-state index contributed by atoms with van der Waals surface area (Å²) < 4.78 is 10.6. The molecule has 5 N–H and O–H groups in total. The van der Waals surface area contributed by atoms with Gasteiger partial charge < -0.3 is 35.4 Å². The summed E-state index contributed by atoms with van der Waals surface area (Å²) in [5.74, 6) is -2.18. The van der Waals surface area contributed by atoms with Gasteiger partial charge in [0, 0.05) is 12.5 Å². The van der Waals surface area contributed by atoms with Gasteiger partial charge in [-0.1, -0.05) is 37.3 Å². The molecule has 0 bridgehead atoms. The van der Waals surface area contributed by atoms with Gasteiger partial charge in [-0.05, 0) is 25.8 Å². The molecule has 2 rings (SSSR count). The van der Waals surface area contributed by atoms with Gasteiger partial charge in [0.05, 0.1) is 0 Å². The number of hydrogen-bond donors (Lipinski definition) is 5. The zero-order valence-electron chi connectivity index (χ0n) is 17.2. The third-order valence-electron chi connectivity index (χ3n) is 4.40. The van der Waals surface area contributed by atoms with Gasteiger partial charge >= 0.3 is 0 Å². The van der Waals surface area contributed by atoms with E-state index in [0.29, 0.717) is 6.42 Å². The Balaban J connectivity index is 2.14. The van der Waals surface area contributed by atoms with E-state index in [0.717, 1.165) is 5.56 Å². The largest absolute Gasteiger partial charge is 0.502 e. The summed E-state index contributed by atoms with van der Waals surface area (Å²) in [5.41, 5.74) is 0.820. The Morgan fingerprint density at radius 1 is 1.23 bits per heavy atom. The fourth-order valence-corrected chi connectivity index (χ4v) is 2.81. The van der Waals surface area contributed by atoms with Crippen molar-refractivity contribution in [2.75, 3.05) is 6.61 Å². The minimum Gasteiger partial charge on any atom is -0.502 e. The monoisotopic (exact) mass is 420 g/mol. The lowest BCUT2D eigenvalue weighted by molar-refractivity contribution is -0.131. The Kier molecular flexibility index (Phi) is 8.25. The highest BCUT2D eigenvalue weighted by Gasteiger charge is 2.34. The van der Waals surface area contributed by atoms with Gasteiger partial charge in [0.15, 0.2) is 17.6 Å². The first-order chi connectivity index (χ1) is 14.3. The summed E-state index contributed by atoms with van der Waals surface area (Å²) >= 11 is 0. The van der Waals surface area contributed by atoms with Crippen LogP contribution in [0.25, 0.3) is 0 Å². The van der Waals surface area contributed by atoms with Gasteiger partial charge in [-0.15, -0.1) is 0 Å². The van der Waals surface area contributed by atoms with E-state index in [1.165, 1.54) is 6.92 Å². The molecule has 9 heteroatoms. The maximum atomic E-state index is 12.6. The van der Waals surface area contributed by atoms with Crippen LogP contribution in [0.15, 0.2) is 53.3 Å². The van der Waals surface area contributed by atoms with E-state index in [9.17, 15) is 24.9 Å². The third-order valence-corrected chi connectivity index (χ3v) is 4.40. The Morgan fingerprint density at radius 3 is 2.50 bits per heavy atom. The van der Waals surface area contributed by atoms with Crippen molar-refractivity contribution in [3.05, 3.63) is 58.9 Å². The van der Waals surface area contributed by atoms with E-state index in [-0.39, 0.29) is 29.7 Å². The predicted octanol–water partition coefficient (Wildman–Crippen LogP) is 0.987. The smallest absolute Gasteiger partial charge is 0.261 e. The highest BCUT2D eigenvalue weighted by atomic mass is 16.6. The maximum absolute atomic E-state index is 12.6. The fourth-order valence-electron chi connectivity index (χ4n) is 2.81. The summed E-state index contributed by atoms with van der Waals surface area (Å²) in [6, 6.07) is 9.47. The Bertz CT molecular complexity index is 820. The highest BCUT2D eigenvalue weighted by Crippen LogP contribution is 2.28. The van der Waals surface area contributed by atoms with Crippen LogP contribution in [0.1, 0.15) is 32.8 Å². The second-order valence-electron chi connectivity index (χ2n) is 6.90. The van der Waals surface area contributed by atoms with Crippen molar-refractivity contribution in [3.8, 4) is 0 Å². The van der Waals surface area contributed by atoms with Crippen molar-refractivity contribution < 1.29 is 34.4 Å². The molecular formula is C21H28N2O7. The molecule has 30 heavy (non-hydrogen) atoms. The van der Waals surface area contributed by atoms with E-state index in [1.54, 1.807) is 6.92 Å². The van der Waals surface area contributed by atoms with Gasteiger partial charge in [0.1, 0.15) is 12.3 Å². The number of nitrogens with one attached hydrogen (secondary N) is 2. The lowest BCUT2D eigenvalue weighted by Gasteiger charge is -2.28. The van der Waals surface area contributed by atoms with Crippen molar-refractivity contribution in [3.63, 3.8) is 0 Å². The van der Waals surface area contributed by atoms with Crippen molar-refractivity contribution in [2.24, 2.45) is 0 Å². The molecule has 1 aliphatic heterocycles. The zero-order chi connectivity index (χ0) is 22.3. The number of aliphatic hydroxyl groups is 3. The summed E-state index contributed by atoms with van der Waals surface area (Å²) in [6.07, 6.45) is -2.03. The first-order valence-electron chi connectivity index (χ1n) is 9.69. The van der Waals surface area contributed by atoms with Crippen LogP contribution in [0, 0.1) is 0 Å². The van der Waals surface area contributed by atoms with Gasteiger partial charge in [-0.25, -0.2) is 0 Å². The molecule has 0 saturated heterocycles. The van der Waals surface area contributed by atoms with Crippen molar-refractivity contribution >= 4 is 11.8 Å². The van der Waals surface area contributed by atoms with Crippen molar-refractivity contribution in [2.45, 2.75) is 52.0 Å². The van der Waals surface area contributed by atoms with Gasteiger partial charge in [0.25, 0.3) is 5.91 Å². The highest BCUT2D eigenvalue weighted by molar-refractivity contribution is 5.81. The fraction of sp³-hybridized carbons (Fsp3) is 0.429. The Hall–Kier alpha value is -3.04. The molecule has 2 amide bonds. The van der Waals surface area contributed by atoms with Crippen LogP contribution in [0.5, 0.6) is 0 Å². The van der Waals surface area contributed by atoms with Crippen LogP contribution in [-0.2, 0) is 25.5 Å². The summed E-state index contributed by atoms with van der Waals surface area (Å²) in [5, 5.41) is 35.0. The maximum Gasteiger partial charge on any atom is 0.261 e. The molecule has 0 radical (unpaired) electrons. The summed E-state index contributed by atoms with van der Waals surface area (Å²) in [6.45, 7) is 4.21. The number of aliphatic hydroxyl groups excluding tert-OH is 3. The molecule has 0 aromatic heterocycles. The first kappa shape index (κ1) is 23.2. The minimum atomic E-state index is -1.68. The molecule has 0 aliphatic carbocycles. The van der Waals surface area contributed by atoms with Crippen LogP contribution in [0.4, 0.5) is 0 Å². The first-order valence-corrected chi connectivity index (χ1v) is 9.69. The molecule has 9 nitrogen and oxygen atoms in total. The summed E-state index contributed by atoms with van der Waals surface area (Å²) in [7, 11) is 0.